The molecule has 0 saturated carbocycles. The van der Waals surface area contributed by atoms with Gasteiger partial charge in [0.25, 0.3) is 0 Å². The van der Waals surface area contributed by atoms with Crippen LogP contribution in [0, 0.1) is 11.6 Å². The van der Waals surface area contributed by atoms with Crippen molar-refractivity contribution in [3.05, 3.63) is 35.4 Å². The molecule has 0 fully saturated rings. The molecule has 9 heteroatoms. The molecule has 102 valence electrons. The average molecular weight is 279 g/mol. The lowest BCUT2D eigenvalue weighted by molar-refractivity contribution is -0.604. The molecule has 1 nitrogen and oxygen atoms in total. The number of rotatable bonds is 1. The summed E-state index contributed by atoms with van der Waals surface area (Å²) in [5.74, 6) is -3.42. The molecule has 0 atom stereocenters. The minimum absolute atomic E-state index is 0.0523. The van der Waals surface area contributed by atoms with E-state index in [2.05, 4.69) is 0 Å². The Kier molecular flexibility index (Phi) is 3.32. The maximum absolute atomic E-state index is 12.6. The largest absolute Gasteiger partial charge is 0.833 e. The first kappa shape index (κ1) is 14.7. The fraction of sp³-hybridized carbons (Fsp3) is 0.333. The summed E-state index contributed by atoms with van der Waals surface area (Å²) in [6.07, 6.45) is -12.6. The van der Waals surface area contributed by atoms with Crippen LogP contribution in [0.15, 0.2) is 18.2 Å². The number of hydrogen-bond donors (Lipinski definition) is 0. The van der Waals surface area contributed by atoms with Crippen LogP contribution in [-0.4, -0.2) is 12.4 Å². The van der Waals surface area contributed by atoms with E-state index < -0.39 is 35.2 Å². The third-order valence-electron chi connectivity index (χ3n) is 2.07. The van der Waals surface area contributed by atoms with Crippen LogP contribution in [0.3, 0.4) is 0 Å². The fourth-order valence-electron chi connectivity index (χ4n) is 1.25. The van der Waals surface area contributed by atoms with Crippen molar-refractivity contribution < 1.29 is 40.2 Å². The van der Waals surface area contributed by atoms with Crippen LogP contribution >= 0.6 is 0 Å². The van der Waals surface area contributed by atoms with Crippen molar-refractivity contribution in [2.75, 3.05) is 0 Å². The normalized spacial score (nSPS) is 13.8. The van der Waals surface area contributed by atoms with Gasteiger partial charge in [-0.2, -0.15) is 26.3 Å². The molecular weight excluding hydrogens is 276 g/mol. The lowest BCUT2D eigenvalue weighted by Gasteiger charge is -2.43. The van der Waals surface area contributed by atoms with Gasteiger partial charge < -0.3 is 5.11 Å². The molecule has 0 radical (unpaired) electrons. The topological polar surface area (TPSA) is 23.1 Å². The molecule has 0 heterocycles. The van der Waals surface area contributed by atoms with Gasteiger partial charge >= 0.3 is 12.4 Å². The summed E-state index contributed by atoms with van der Waals surface area (Å²) >= 11 is 0. The second-order valence-corrected chi connectivity index (χ2v) is 3.33. The molecule has 0 aliphatic carbocycles. The van der Waals surface area contributed by atoms with Gasteiger partial charge in [0.15, 0.2) is 0 Å². The molecule has 0 amide bonds. The van der Waals surface area contributed by atoms with Crippen LogP contribution in [0.2, 0.25) is 0 Å². The van der Waals surface area contributed by atoms with Gasteiger partial charge in [-0.1, -0.05) is 0 Å². The van der Waals surface area contributed by atoms with Crippen LogP contribution in [-0.2, 0) is 5.60 Å². The summed E-state index contributed by atoms with van der Waals surface area (Å²) in [5, 5.41) is 11.1. The Balaban J connectivity index is 3.55. The van der Waals surface area contributed by atoms with E-state index in [9.17, 15) is 40.2 Å². The first-order valence-electron chi connectivity index (χ1n) is 4.20. The monoisotopic (exact) mass is 279 g/mol. The molecule has 1 aromatic rings. The summed E-state index contributed by atoms with van der Waals surface area (Å²) in [7, 11) is 0. The van der Waals surface area contributed by atoms with Gasteiger partial charge in [0.2, 0.25) is 0 Å². The van der Waals surface area contributed by atoms with Gasteiger partial charge in [0.1, 0.15) is 17.2 Å². The van der Waals surface area contributed by atoms with Gasteiger partial charge in [-0.25, -0.2) is 8.78 Å². The quantitative estimate of drug-likeness (QED) is 0.725. The van der Waals surface area contributed by atoms with Crippen molar-refractivity contribution in [3.63, 3.8) is 0 Å². The first-order valence-corrected chi connectivity index (χ1v) is 4.20. The van der Waals surface area contributed by atoms with Gasteiger partial charge in [-0.05, 0) is 17.7 Å². The van der Waals surface area contributed by atoms with E-state index >= 15 is 0 Å². The van der Waals surface area contributed by atoms with E-state index in [4.69, 9.17) is 0 Å². The Morgan fingerprint density at radius 3 is 1.33 bits per heavy atom. The molecule has 0 aromatic heterocycles. The Labute approximate surface area is 94.6 Å². The molecule has 0 saturated heterocycles. The Hall–Kier alpha value is -1.38. The highest BCUT2D eigenvalue weighted by atomic mass is 19.4. The third kappa shape index (κ3) is 2.26. The SMILES string of the molecule is [O-]C(c1cc(F)cc(F)c1)(C(F)(F)F)C(F)(F)F. The summed E-state index contributed by atoms with van der Waals surface area (Å²) in [6.45, 7) is 0. The van der Waals surface area contributed by atoms with E-state index in [0.29, 0.717) is 0 Å². The van der Waals surface area contributed by atoms with Crippen molar-refractivity contribution >= 4 is 0 Å². The standard InChI is InChI=1S/C9H3F8O/c10-5-1-4(2-6(11)3-5)7(18,8(12,13)14)9(15,16)17/h1-3H/q-1. The van der Waals surface area contributed by atoms with Crippen LogP contribution in [0.1, 0.15) is 5.56 Å². The zero-order valence-electron chi connectivity index (χ0n) is 8.16. The molecule has 0 N–H and O–H groups in total. The third-order valence-corrected chi connectivity index (χ3v) is 2.07. The van der Waals surface area contributed by atoms with Crippen molar-refractivity contribution in [2.24, 2.45) is 0 Å². The van der Waals surface area contributed by atoms with Crippen molar-refractivity contribution in [2.45, 2.75) is 18.0 Å². The summed E-state index contributed by atoms with van der Waals surface area (Å²) in [4.78, 5) is 0. The van der Waals surface area contributed by atoms with E-state index in [1.54, 1.807) is 0 Å². The van der Waals surface area contributed by atoms with Crippen molar-refractivity contribution in [1.29, 1.82) is 0 Å². The van der Waals surface area contributed by atoms with Crippen LogP contribution in [0.4, 0.5) is 35.1 Å². The Morgan fingerprint density at radius 1 is 0.722 bits per heavy atom. The Bertz CT molecular complexity index is 413. The maximum atomic E-state index is 12.6. The van der Waals surface area contributed by atoms with Gasteiger partial charge in [0.05, 0.1) is 0 Å². The number of hydrogen-bond acceptors (Lipinski definition) is 1. The molecule has 1 rings (SSSR count). The van der Waals surface area contributed by atoms with E-state index in [0.717, 1.165) is 0 Å². The fourth-order valence-corrected chi connectivity index (χ4v) is 1.25. The zero-order chi connectivity index (χ0) is 14.4. The molecule has 0 aliphatic heterocycles. The molecule has 0 spiro atoms. The predicted octanol–water partition coefficient (Wildman–Crippen LogP) is 2.65. The van der Waals surface area contributed by atoms with Crippen molar-refractivity contribution in [1.82, 2.24) is 0 Å². The number of halogens is 8. The van der Waals surface area contributed by atoms with Crippen LogP contribution < -0.4 is 5.11 Å². The lowest BCUT2D eigenvalue weighted by atomic mass is 9.92. The highest BCUT2D eigenvalue weighted by Gasteiger charge is 2.63. The number of benzene rings is 1. The van der Waals surface area contributed by atoms with Gasteiger partial charge in [-0.15, -0.1) is 0 Å². The molecular formula is C9H3F8O-. The van der Waals surface area contributed by atoms with Crippen LogP contribution in [0.25, 0.3) is 0 Å². The maximum Gasteiger partial charge on any atom is 0.392 e. The van der Waals surface area contributed by atoms with E-state index in [1.165, 1.54) is 0 Å². The summed E-state index contributed by atoms with van der Waals surface area (Å²) in [6, 6.07) is -0.537. The van der Waals surface area contributed by atoms with Crippen LogP contribution in [0.5, 0.6) is 0 Å². The van der Waals surface area contributed by atoms with Gasteiger partial charge in [0, 0.05) is 6.07 Å². The second-order valence-electron chi connectivity index (χ2n) is 3.33. The minimum atomic E-state index is -6.29. The lowest BCUT2D eigenvalue weighted by Crippen LogP contribution is -2.63. The highest BCUT2D eigenvalue weighted by Crippen LogP contribution is 2.47. The zero-order valence-corrected chi connectivity index (χ0v) is 8.16. The molecule has 0 unspecified atom stereocenters. The second kappa shape index (κ2) is 4.08. The van der Waals surface area contributed by atoms with Gasteiger partial charge in [-0.3, -0.25) is 0 Å². The predicted molar refractivity (Wildman–Crippen MR) is 40.1 cm³/mol. The molecule has 1 aromatic carbocycles. The molecule has 0 bridgehead atoms. The molecule has 0 aliphatic rings. The van der Waals surface area contributed by atoms with E-state index in [1.807, 2.05) is 0 Å². The minimum Gasteiger partial charge on any atom is -0.833 e. The van der Waals surface area contributed by atoms with Crippen molar-refractivity contribution in [3.8, 4) is 0 Å². The first-order chi connectivity index (χ1) is 7.89. The molecule has 18 heavy (non-hydrogen) atoms. The summed E-state index contributed by atoms with van der Waals surface area (Å²) in [5.41, 5.74) is -7.66. The average Bonchev–Trinajstić information content (AvgIpc) is 2.11. The highest BCUT2D eigenvalue weighted by molar-refractivity contribution is 5.27. The number of alkyl halides is 6. The smallest absolute Gasteiger partial charge is 0.392 e. The Morgan fingerprint density at radius 2 is 1.06 bits per heavy atom. The van der Waals surface area contributed by atoms with E-state index in [-0.39, 0.29) is 18.2 Å². The summed E-state index contributed by atoms with van der Waals surface area (Å²) < 4.78 is 98.9.